The lowest BCUT2D eigenvalue weighted by Crippen LogP contribution is -2.20. The molecule has 0 fully saturated rings. The van der Waals surface area contributed by atoms with Gasteiger partial charge in [-0.05, 0) is 77.4 Å². The smallest absolute Gasteiger partial charge is 0.341 e. The van der Waals surface area contributed by atoms with E-state index in [0.717, 1.165) is 39.0 Å². The first-order chi connectivity index (χ1) is 27.2. The number of ether oxygens (including phenoxy) is 10. The standard InChI is InChI=1S/C21H21NO6.C21H19NO6/c2*1-24-12-5-6-14-13(9-12)18(19-15(22-14)10-28-21(19)23)11-7-16(25-2)20(27-4)17(8-11)26-3/h5-9,18,22H,10H2,1-4H3;5-9H,10H2,1-4H3. The molecule has 5 aromatic rings. The van der Waals surface area contributed by atoms with Gasteiger partial charge in [0.1, 0.15) is 24.7 Å². The highest BCUT2D eigenvalue weighted by molar-refractivity contribution is 6.09. The second-order valence-electron chi connectivity index (χ2n) is 12.6. The number of fused-ring (bicyclic) bond motifs is 3. The Morgan fingerprint density at radius 3 is 1.77 bits per heavy atom. The summed E-state index contributed by atoms with van der Waals surface area (Å²) in [6.45, 7) is 0.369. The van der Waals surface area contributed by atoms with Crippen molar-refractivity contribution < 1.29 is 57.0 Å². The van der Waals surface area contributed by atoms with Crippen molar-refractivity contribution >= 4 is 28.5 Å². The minimum absolute atomic E-state index is 0.146. The van der Waals surface area contributed by atoms with Gasteiger partial charge in [0.05, 0.1) is 84.9 Å². The van der Waals surface area contributed by atoms with Crippen molar-refractivity contribution in [2.45, 2.75) is 12.5 Å². The van der Waals surface area contributed by atoms with Gasteiger partial charge >= 0.3 is 11.9 Å². The van der Waals surface area contributed by atoms with Gasteiger partial charge in [0.25, 0.3) is 0 Å². The van der Waals surface area contributed by atoms with E-state index < -0.39 is 5.97 Å². The molecule has 4 aromatic carbocycles. The third-order valence-electron chi connectivity index (χ3n) is 9.82. The van der Waals surface area contributed by atoms with Crippen molar-refractivity contribution in [3.05, 3.63) is 94.3 Å². The number of cyclic esters (lactones) is 2. The van der Waals surface area contributed by atoms with Crippen LogP contribution in [0.5, 0.6) is 46.0 Å². The molecule has 4 heterocycles. The normalized spacial score (nSPS) is 14.9. The summed E-state index contributed by atoms with van der Waals surface area (Å²) in [6, 6.07) is 18.6. The number of benzene rings is 4. The van der Waals surface area contributed by atoms with Gasteiger partial charge in [0.2, 0.25) is 11.5 Å². The molecule has 1 unspecified atom stereocenters. The molecule has 1 atom stereocenters. The Hall–Kier alpha value is -6.83. The van der Waals surface area contributed by atoms with Crippen molar-refractivity contribution in [1.29, 1.82) is 0 Å². The van der Waals surface area contributed by atoms with E-state index in [-0.39, 0.29) is 25.1 Å². The molecule has 14 nitrogen and oxygen atoms in total. The molecule has 0 amide bonds. The van der Waals surface area contributed by atoms with Gasteiger partial charge < -0.3 is 52.7 Å². The first kappa shape index (κ1) is 37.5. The second-order valence-corrected chi connectivity index (χ2v) is 12.6. The van der Waals surface area contributed by atoms with Crippen molar-refractivity contribution in [3.63, 3.8) is 0 Å². The number of pyridine rings is 1. The van der Waals surface area contributed by atoms with E-state index in [4.69, 9.17) is 47.4 Å². The summed E-state index contributed by atoms with van der Waals surface area (Å²) in [5, 5.41) is 4.08. The molecule has 1 aromatic heterocycles. The van der Waals surface area contributed by atoms with Crippen molar-refractivity contribution in [1.82, 2.24) is 4.98 Å². The summed E-state index contributed by atoms with van der Waals surface area (Å²) in [4.78, 5) is 29.7. The number of carbonyl (C=O) groups is 2. The van der Waals surface area contributed by atoms with Gasteiger partial charge in [-0.2, -0.15) is 0 Å². The van der Waals surface area contributed by atoms with Crippen LogP contribution in [0.25, 0.3) is 22.0 Å². The number of anilines is 1. The Balaban J connectivity index is 0.000000172. The van der Waals surface area contributed by atoms with Crippen LogP contribution in [0.3, 0.4) is 0 Å². The molecule has 0 bridgehead atoms. The van der Waals surface area contributed by atoms with Gasteiger partial charge in [-0.15, -0.1) is 0 Å². The minimum atomic E-state index is -0.407. The molecule has 1 N–H and O–H groups in total. The van der Waals surface area contributed by atoms with Crippen molar-refractivity contribution in [3.8, 4) is 57.1 Å². The number of hydrogen-bond acceptors (Lipinski definition) is 14. The van der Waals surface area contributed by atoms with Crippen LogP contribution in [0, 0.1) is 0 Å². The largest absolute Gasteiger partial charge is 0.497 e. The lowest BCUT2D eigenvalue weighted by Gasteiger charge is -2.28. The molecule has 0 spiro atoms. The number of nitrogens with one attached hydrogen (secondary N) is 1. The van der Waals surface area contributed by atoms with Crippen molar-refractivity contribution in [2.24, 2.45) is 0 Å². The second kappa shape index (κ2) is 15.5. The van der Waals surface area contributed by atoms with E-state index >= 15 is 0 Å². The highest BCUT2D eigenvalue weighted by Gasteiger charge is 2.39. The number of methoxy groups -OCH3 is 8. The summed E-state index contributed by atoms with van der Waals surface area (Å²) in [7, 11) is 12.5. The predicted molar refractivity (Wildman–Crippen MR) is 205 cm³/mol. The maximum atomic E-state index is 12.6. The van der Waals surface area contributed by atoms with Crippen LogP contribution in [0.4, 0.5) is 5.69 Å². The third kappa shape index (κ3) is 6.42. The van der Waals surface area contributed by atoms with Crippen LogP contribution < -0.4 is 43.2 Å². The van der Waals surface area contributed by atoms with E-state index in [9.17, 15) is 9.59 Å². The molecular weight excluding hydrogens is 724 g/mol. The van der Waals surface area contributed by atoms with Gasteiger partial charge in [0, 0.05) is 22.6 Å². The number of nitrogens with zero attached hydrogens (tertiary/aromatic N) is 1. The number of hydrogen-bond donors (Lipinski definition) is 1. The fourth-order valence-electron chi connectivity index (χ4n) is 7.24. The zero-order chi connectivity index (χ0) is 39.7. The van der Waals surface area contributed by atoms with Crippen LogP contribution >= 0.6 is 0 Å². The quantitative estimate of drug-likeness (QED) is 0.150. The van der Waals surface area contributed by atoms with Gasteiger partial charge in [-0.1, -0.05) is 0 Å². The SMILES string of the molecule is COc1ccc2c(c1)C(c1cc(OC)c(OC)c(OC)c1)C1=C(COC1=O)N2.COc1ccc2nc3c(c(-c4cc(OC)c(OC)c(OC)c4)c2c1)C(=O)OC3. The number of aromatic nitrogens is 1. The molecule has 0 radical (unpaired) electrons. The highest BCUT2D eigenvalue weighted by atomic mass is 16.6. The monoisotopic (exact) mass is 764 g/mol. The van der Waals surface area contributed by atoms with E-state index in [1.165, 1.54) is 0 Å². The van der Waals surface area contributed by atoms with E-state index in [1.807, 2.05) is 60.7 Å². The van der Waals surface area contributed by atoms with Crippen LogP contribution in [-0.4, -0.2) is 80.4 Å². The van der Waals surface area contributed by atoms with Crippen LogP contribution in [0.1, 0.15) is 33.1 Å². The van der Waals surface area contributed by atoms with E-state index in [1.54, 1.807) is 56.9 Å². The maximum Gasteiger partial charge on any atom is 0.341 e. The molecule has 290 valence electrons. The molecule has 0 saturated carbocycles. The fourth-order valence-corrected chi connectivity index (χ4v) is 7.24. The molecule has 3 aliphatic rings. The molecule has 0 saturated heterocycles. The Morgan fingerprint density at radius 1 is 0.607 bits per heavy atom. The van der Waals surface area contributed by atoms with Gasteiger partial charge in [-0.25, -0.2) is 14.6 Å². The third-order valence-corrected chi connectivity index (χ3v) is 9.82. The molecule has 56 heavy (non-hydrogen) atoms. The summed E-state index contributed by atoms with van der Waals surface area (Å²) >= 11 is 0. The minimum Gasteiger partial charge on any atom is -0.497 e. The topological polar surface area (TPSA) is 151 Å². The van der Waals surface area contributed by atoms with Crippen LogP contribution in [0.2, 0.25) is 0 Å². The number of carbonyl (C=O) groups excluding carboxylic acids is 2. The lowest BCUT2D eigenvalue weighted by molar-refractivity contribution is -0.136. The van der Waals surface area contributed by atoms with Gasteiger partial charge in [-0.3, -0.25) is 0 Å². The summed E-state index contributed by atoms with van der Waals surface area (Å²) in [5.41, 5.74) is 7.19. The maximum absolute atomic E-state index is 12.6. The molecule has 0 aliphatic carbocycles. The Kier molecular flexibility index (Phi) is 10.4. The van der Waals surface area contributed by atoms with E-state index in [2.05, 4.69) is 10.3 Å². The lowest BCUT2D eigenvalue weighted by atomic mass is 9.81. The average Bonchev–Trinajstić information content (AvgIpc) is 3.80. The van der Waals surface area contributed by atoms with E-state index in [0.29, 0.717) is 68.4 Å². The summed E-state index contributed by atoms with van der Waals surface area (Å²) < 4.78 is 54.1. The Bertz CT molecular complexity index is 2360. The number of esters is 2. The summed E-state index contributed by atoms with van der Waals surface area (Å²) in [5.74, 6) is 3.26. The average molecular weight is 765 g/mol. The Labute approximate surface area is 322 Å². The predicted octanol–water partition coefficient (Wildman–Crippen LogP) is 6.70. The zero-order valence-electron chi connectivity index (χ0n) is 32.1. The number of rotatable bonds is 10. The summed E-state index contributed by atoms with van der Waals surface area (Å²) in [6.07, 6.45) is 0. The van der Waals surface area contributed by atoms with Crippen LogP contribution in [-0.2, 0) is 20.9 Å². The molecule has 14 heteroatoms. The van der Waals surface area contributed by atoms with Crippen molar-refractivity contribution in [2.75, 3.05) is 68.8 Å². The highest BCUT2D eigenvalue weighted by Crippen LogP contribution is 2.49. The molecular formula is C42H40N2O12. The van der Waals surface area contributed by atoms with Gasteiger partial charge in [0.15, 0.2) is 23.0 Å². The van der Waals surface area contributed by atoms with Crippen LogP contribution in [0.15, 0.2) is 71.9 Å². The molecule has 8 rings (SSSR count). The first-order valence-corrected chi connectivity index (χ1v) is 17.3. The fraction of sp³-hybridized carbons (Fsp3) is 0.262. The first-order valence-electron chi connectivity index (χ1n) is 17.3. The zero-order valence-corrected chi connectivity index (χ0v) is 32.1. The Morgan fingerprint density at radius 2 is 1.18 bits per heavy atom. The molecule has 3 aliphatic heterocycles.